The van der Waals surface area contributed by atoms with E-state index in [4.69, 9.17) is 4.42 Å². The van der Waals surface area contributed by atoms with Crippen molar-refractivity contribution in [2.45, 2.75) is 12.3 Å². The fraction of sp³-hybridized carbons (Fsp3) is 0.0556. The molecule has 0 fully saturated rings. The maximum absolute atomic E-state index is 6.70. The third kappa shape index (κ3) is 2.30. The van der Waals surface area contributed by atoms with Gasteiger partial charge in [0.05, 0.1) is 5.41 Å². The molecule has 0 amide bonds. The van der Waals surface area contributed by atoms with Gasteiger partial charge in [-0.25, -0.2) is 0 Å². The molecule has 2 aliphatic rings. The van der Waals surface area contributed by atoms with Gasteiger partial charge < -0.3 is 4.42 Å². The minimum absolute atomic E-state index is 0.409. The number of rotatable bonds is 0. The van der Waals surface area contributed by atoms with Crippen molar-refractivity contribution in [3.63, 3.8) is 0 Å². The maximum atomic E-state index is 6.70. The van der Waals surface area contributed by atoms with Gasteiger partial charge in [0.1, 0.15) is 11.2 Å². The monoisotopic (exact) mass is 548 g/mol. The predicted octanol–water partition coefficient (Wildman–Crippen LogP) is 10.2. The van der Waals surface area contributed by atoms with Crippen molar-refractivity contribution in [3.05, 3.63) is 141 Å². The molecule has 1 atom stereocenters. The average Bonchev–Trinajstić information content (AvgIpc) is 3.56. The van der Waals surface area contributed by atoms with Crippen molar-refractivity contribution in [2.75, 3.05) is 0 Å². The summed E-state index contributed by atoms with van der Waals surface area (Å²) in [5.74, 6) is 0. The summed E-state index contributed by atoms with van der Waals surface area (Å²) in [6, 6.07) is 40.2. The Bertz CT molecular complexity index is 2170. The van der Waals surface area contributed by atoms with Gasteiger partial charge >= 0.3 is 0 Å². The van der Waals surface area contributed by atoms with Gasteiger partial charge in [-0.2, -0.15) is 0 Å². The highest BCUT2D eigenvalue weighted by atomic mass is 79.9. The van der Waals surface area contributed by atoms with Crippen LogP contribution in [0.15, 0.2) is 118 Å². The van der Waals surface area contributed by atoms with Gasteiger partial charge in [0.25, 0.3) is 0 Å². The van der Waals surface area contributed by atoms with Gasteiger partial charge in [0.15, 0.2) is 0 Å². The molecule has 0 saturated carbocycles. The lowest BCUT2D eigenvalue weighted by molar-refractivity contribution is 0.668. The van der Waals surface area contributed by atoms with E-state index in [-0.39, 0.29) is 0 Å². The number of benzene rings is 6. The summed E-state index contributed by atoms with van der Waals surface area (Å²) in [6.45, 7) is 2.12. The Kier molecular flexibility index (Phi) is 3.86. The molecule has 1 aromatic heterocycles. The molecule has 1 spiro atoms. The van der Waals surface area contributed by atoms with Gasteiger partial charge in [-0.1, -0.05) is 113 Å². The van der Waals surface area contributed by atoms with Crippen LogP contribution in [0, 0.1) is 6.92 Å². The molecule has 0 bridgehead atoms. The molecule has 2 aliphatic carbocycles. The molecule has 0 radical (unpaired) electrons. The molecular weight excluding hydrogens is 528 g/mol. The Morgan fingerprint density at radius 2 is 1.21 bits per heavy atom. The summed E-state index contributed by atoms with van der Waals surface area (Å²) in [7, 11) is 0. The van der Waals surface area contributed by atoms with Crippen LogP contribution in [0.25, 0.3) is 55.0 Å². The lowest BCUT2D eigenvalue weighted by Crippen LogP contribution is -2.25. The molecule has 0 saturated heterocycles. The summed E-state index contributed by atoms with van der Waals surface area (Å²) < 4.78 is 7.83. The Labute approximate surface area is 228 Å². The summed E-state index contributed by atoms with van der Waals surface area (Å²) in [4.78, 5) is 0. The van der Waals surface area contributed by atoms with Crippen LogP contribution in [-0.4, -0.2) is 0 Å². The fourth-order valence-electron chi connectivity index (χ4n) is 7.37. The largest absolute Gasteiger partial charge is 0.455 e. The quantitative estimate of drug-likeness (QED) is 0.183. The van der Waals surface area contributed by atoms with E-state index >= 15 is 0 Å². The topological polar surface area (TPSA) is 13.1 Å². The lowest BCUT2D eigenvalue weighted by atomic mass is 9.70. The first-order chi connectivity index (χ1) is 18.7. The highest BCUT2D eigenvalue weighted by Crippen LogP contribution is 2.65. The summed E-state index contributed by atoms with van der Waals surface area (Å²) in [6.07, 6.45) is 0. The number of hydrogen-bond acceptors (Lipinski definition) is 1. The maximum Gasteiger partial charge on any atom is 0.143 e. The number of hydrogen-bond donors (Lipinski definition) is 0. The summed E-state index contributed by atoms with van der Waals surface area (Å²) >= 11 is 3.96. The Morgan fingerprint density at radius 1 is 0.553 bits per heavy atom. The van der Waals surface area contributed by atoms with E-state index in [2.05, 4.69) is 132 Å². The molecule has 0 N–H and O–H groups in total. The Balaban J connectivity index is 1.52. The third-order valence-electron chi connectivity index (χ3n) is 8.80. The molecule has 2 heteroatoms. The predicted molar refractivity (Wildman–Crippen MR) is 160 cm³/mol. The van der Waals surface area contributed by atoms with Gasteiger partial charge in [-0.3, -0.25) is 0 Å². The van der Waals surface area contributed by atoms with Gasteiger partial charge in [0.2, 0.25) is 0 Å². The van der Waals surface area contributed by atoms with Crippen molar-refractivity contribution in [3.8, 4) is 22.3 Å². The van der Waals surface area contributed by atoms with Crippen molar-refractivity contribution in [2.24, 2.45) is 0 Å². The van der Waals surface area contributed by atoms with Gasteiger partial charge in [-0.05, 0) is 74.3 Å². The van der Waals surface area contributed by atoms with Crippen molar-refractivity contribution >= 4 is 48.6 Å². The number of halogens is 1. The summed E-state index contributed by atoms with van der Waals surface area (Å²) in [5, 5.41) is 4.88. The zero-order chi connectivity index (χ0) is 25.2. The first kappa shape index (κ1) is 20.9. The van der Waals surface area contributed by atoms with Crippen LogP contribution < -0.4 is 0 Å². The molecule has 0 aliphatic heterocycles. The van der Waals surface area contributed by atoms with Crippen LogP contribution in [-0.2, 0) is 5.41 Å². The molecule has 9 rings (SSSR count). The fourth-order valence-corrected chi connectivity index (χ4v) is 7.95. The second kappa shape index (κ2) is 7.03. The van der Waals surface area contributed by atoms with E-state index in [1.165, 1.54) is 71.6 Å². The average molecular weight is 549 g/mol. The van der Waals surface area contributed by atoms with E-state index in [1.807, 2.05) is 0 Å². The number of fused-ring (bicyclic) bond motifs is 16. The lowest BCUT2D eigenvalue weighted by Gasteiger charge is -2.30. The molecule has 1 nitrogen and oxygen atoms in total. The molecule has 1 unspecified atom stereocenters. The second-order valence-electron chi connectivity index (χ2n) is 10.6. The van der Waals surface area contributed by atoms with E-state index in [0.717, 1.165) is 15.6 Å². The summed E-state index contributed by atoms with van der Waals surface area (Å²) in [5.41, 5.74) is 13.2. The highest BCUT2D eigenvalue weighted by Gasteiger charge is 2.53. The Morgan fingerprint density at radius 3 is 2.00 bits per heavy atom. The van der Waals surface area contributed by atoms with Crippen molar-refractivity contribution in [1.82, 2.24) is 0 Å². The van der Waals surface area contributed by atoms with Crippen LogP contribution in [0.2, 0.25) is 0 Å². The van der Waals surface area contributed by atoms with Crippen molar-refractivity contribution < 1.29 is 4.42 Å². The van der Waals surface area contributed by atoms with Crippen LogP contribution in [0.3, 0.4) is 0 Å². The van der Waals surface area contributed by atoms with E-state index in [0.29, 0.717) is 0 Å². The number of furan rings is 1. The second-order valence-corrected chi connectivity index (χ2v) is 11.5. The number of aryl methyl sites for hydroxylation is 1. The molecule has 1 heterocycles. The minimum Gasteiger partial charge on any atom is -0.455 e. The van der Waals surface area contributed by atoms with Gasteiger partial charge in [0, 0.05) is 20.8 Å². The standard InChI is InChI=1S/C36H21BrO/c1-20-14-15-22-24-16-17-29-34(35(24)38-32(22)18-20)26-11-5-7-13-28(26)36(29)27-12-6-4-10-25(27)33-23-9-3-2-8-21(23)31(37)19-30(33)36/h2-19H,1H3. The molecule has 178 valence electrons. The SMILES string of the molecule is Cc1ccc2c(c1)oc1c3c(ccc12)C1(c2ccccc2-c2c1cc(Br)c1ccccc21)c1ccccc1-3. The van der Waals surface area contributed by atoms with Crippen LogP contribution in [0.1, 0.15) is 27.8 Å². The zero-order valence-electron chi connectivity index (χ0n) is 20.7. The van der Waals surface area contributed by atoms with E-state index in [1.54, 1.807) is 0 Å². The van der Waals surface area contributed by atoms with Crippen LogP contribution in [0.5, 0.6) is 0 Å². The first-order valence-electron chi connectivity index (χ1n) is 13.1. The van der Waals surface area contributed by atoms with E-state index in [9.17, 15) is 0 Å². The normalized spacial score (nSPS) is 16.8. The third-order valence-corrected chi connectivity index (χ3v) is 9.46. The van der Waals surface area contributed by atoms with E-state index < -0.39 is 5.41 Å². The Hall–Kier alpha value is -4.14. The molecule has 38 heavy (non-hydrogen) atoms. The highest BCUT2D eigenvalue weighted by molar-refractivity contribution is 9.10. The van der Waals surface area contributed by atoms with Crippen molar-refractivity contribution in [1.29, 1.82) is 0 Å². The molecular formula is C36H21BrO. The first-order valence-corrected chi connectivity index (χ1v) is 13.8. The molecule has 6 aromatic carbocycles. The van der Waals surface area contributed by atoms with Crippen LogP contribution >= 0.6 is 15.9 Å². The van der Waals surface area contributed by atoms with Crippen LogP contribution in [0.4, 0.5) is 0 Å². The zero-order valence-corrected chi connectivity index (χ0v) is 22.3. The minimum atomic E-state index is -0.409. The molecule has 7 aromatic rings. The smallest absolute Gasteiger partial charge is 0.143 e. The van der Waals surface area contributed by atoms with Gasteiger partial charge in [-0.15, -0.1) is 0 Å².